The van der Waals surface area contributed by atoms with Gasteiger partial charge in [0.25, 0.3) is 0 Å². The Balaban J connectivity index is 2.83. The van der Waals surface area contributed by atoms with Crippen molar-refractivity contribution in [2.75, 3.05) is 13.2 Å². The number of carbonyl (C=O) groups is 2. The summed E-state index contributed by atoms with van der Waals surface area (Å²) in [7, 11) is 0. The van der Waals surface area contributed by atoms with Gasteiger partial charge in [-0.05, 0) is 18.1 Å². The lowest BCUT2D eigenvalue weighted by Gasteiger charge is -2.11. The van der Waals surface area contributed by atoms with Crippen LogP contribution in [0.4, 0.5) is 13.2 Å². The number of carbonyl (C=O) groups excluding carboxylic acids is 2. The first-order valence-corrected chi connectivity index (χ1v) is 6.20. The molecule has 7 heteroatoms. The molecule has 0 saturated carbocycles. The summed E-state index contributed by atoms with van der Waals surface area (Å²) in [5, 5.41) is 0. The first kappa shape index (κ1) is 17.0. The highest BCUT2D eigenvalue weighted by atomic mass is 19.4. The van der Waals surface area contributed by atoms with Crippen LogP contribution < -0.4 is 0 Å². The van der Waals surface area contributed by atoms with E-state index in [4.69, 9.17) is 4.74 Å². The maximum absolute atomic E-state index is 12.0. The predicted octanol–water partition coefficient (Wildman–Crippen LogP) is 3.22. The summed E-state index contributed by atoms with van der Waals surface area (Å²) in [6, 6.07) is 5.41. The molecule has 116 valence electrons. The molecule has 0 saturated heterocycles. The lowest BCUT2D eigenvalue weighted by atomic mass is 10.1. The van der Waals surface area contributed by atoms with Gasteiger partial charge in [-0.3, -0.25) is 0 Å². The van der Waals surface area contributed by atoms with Crippen LogP contribution in [0.5, 0.6) is 0 Å². The van der Waals surface area contributed by atoms with Crippen molar-refractivity contribution in [3.8, 4) is 0 Å². The summed E-state index contributed by atoms with van der Waals surface area (Å²) in [5.74, 6) is -1.90. The third kappa shape index (κ3) is 5.85. The van der Waals surface area contributed by atoms with Gasteiger partial charge in [0.15, 0.2) is 6.61 Å². The maximum Gasteiger partial charge on any atom is 0.422 e. The van der Waals surface area contributed by atoms with Crippen LogP contribution in [-0.4, -0.2) is 31.3 Å². The third-order valence-electron chi connectivity index (χ3n) is 2.28. The maximum atomic E-state index is 12.0. The van der Waals surface area contributed by atoms with Gasteiger partial charge in [-0.2, -0.15) is 13.2 Å². The second-order valence-corrected chi connectivity index (χ2v) is 4.73. The highest BCUT2D eigenvalue weighted by Gasteiger charge is 2.30. The summed E-state index contributed by atoms with van der Waals surface area (Å²) in [4.78, 5) is 23.4. The fourth-order valence-corrected chi connectivity index (χ4v) is 1.38. The summed E-state index contributed by atoms with van der Waals surface area (Å²) in [5.41, 5.74) is -0.374. The van der Waals surface area contributed by atoms with Gasteiger partial charge in [-0.25, -0.2) is 9.59 Å². The molecule has 0 unspecified atom stereocenters. The van der Waals surface area contributed by atoms with Gasteiger partial charge in [0, 0.05) is 0 Å². The van der Waals surface area contributed by atoms with E-state index >= 15 is 0 Å². The van der Waals surface area contributed by atoms with Crippen molar-refractivity contribution in [1.82, 2.24) is 0 Å². The molecule has 0 atom stereocenters. The second kappa shape index (κ2) is 7.10. The molecule has 0 radical (unpaired) electrons. The van der Waals surface area contributed by atoms with Crippen molar-refractivity contribution < 1.29 is 32.2 Å². The van der Waals surface area contributed by atoms with Gasteiger partial charge in [-0.15, -0.1) is 0 Å². The molecule has 0 amide bonds. The van der Waals surface area contributed by atoms with Crippen LogP contribution in [0.3, 0.4) is 0 Å². The van der Waals surface area contributed by atoms with E-state index in [1.165, 1.54) is 24.3 Å². The van der Waals surface area contributed by atoms with E-state index in [1.54, 1.807) is 0 Å². The van der Waals surface area contributed by atoms with Crippen LogP contribution in [0.2, 0.25) is 0 Å². The summed E-state index contributed by atoms with van der Waals surface area (Å²) in [6.07, 6.45) is -4.62. The van der Waals surface area contributed by atoms with Crippen LogP contribution in [0.15, 0.2) is 24.3 Å². The number of esters is 2. The largest absolute Gasteiger partial charge is 0.462 e. The van der Waals surface area contributed by atoms with Crippen molar-refractivity contribution in [1.29, 1.82) is 0 Å². The number of halogens is 3. The molecule has 0 heterocycles. The Hall–Kier alpha value is -2.05. The fourth-order valence-electron chi connectivity index (χ4n) is 1.38. The minimum Gasteiger partial charge on any atom is -0.462 e. The molecule has 0 aliphatic carbocycles. The Kier molecular flexibility index (Phi) is 5.75. The van der Waals surface area contributed by atoms with Gasteiger partial charge < -0.3 is 9.47 Å². The normalized spacial score (nSPS) is 11.3. The van der Waals surface area contributed by atoms with Gasteiger partial charge in [0.2, 0.25) is 0 Å². The molecular formula is C14H15F3O4. The molecule has 1 aromatic carbocycles. The average molecular weight is 304 g/mol. The lowest BCUT2D eigenvalue weighted by Crippen LogP contribution is -2.22. The molecule has 0 aliphatic rings. The van der Waals surface area contributed by atoms with E-state index in [-0.39, 0.29) is 23.7 Å². The van der Waals surface area contributed by atoms with Gasteiger partial charge >= 0.3 is 18.1 Å². The summed E-state index contributed by atoms with van der Waals surface area (Å²) in [6.45, 7) is 2.10. The quantitative estimate of drug-likeness (QED) is 0.784. The highest BCUT2D eigenvalue weighted by molar-refractivity contribution is 6.03. The van der Waals surface area contributed by atoms with E-state index in [0.29, 0.717) is 0 Å². The highest BCUT2D eigenvalue weighted by Crippen LogP contribution is 2.17. The fraction of sp³-hybridized carbons (Fsp3) is 0.429. The molecule has 0 bridgehead atoms. The zero-order valence-corrected chi connectivity index (χ0v) is 11.6. The van der Waals surface area contributed by atoms with Gasteiger partial charge in [-0.1, -0.05) is 26.0 Å². The topological polar surface area (TPSA) is 52.6 Å². The molecule has 4 nitrogen and oxygen atoms in total. The Labute approximate surface area is 119 Å². The number of rotatable bonds is 5. The molecular weight excluding hydrogens is 289 g/mol. The van der Waals surface area contributed by atoms with Crippen LogP contribution in [0, 0.1) is 5.92 Å². The zero-order chi connectivity index (χ0) is 16.0. The monoisotopic (exact) mass is 304 g/mol. The van der Waals surface area contributed by atoms with E-state index < -0.39 is 24.7 Å². The van der Waals surface area contributed by atoms with Crippen molar-refractivity contribution >= 4 is 11.9 Å². The standard InChI is InChI=1S/C14H15F3O4/c1-9(2)7-20-12(18)10-5-3-4-6-11(10)13(19)21-8-14(15,16)17/h3-6,9H,7-8H2,1-2H3. The van der Waals surface area contributed by atoms with E-state index in [1.807, 2.05) is 13.8 Å². The Morgan fingerprint density at radius 3 is 1.95 bits per heavy atom. The zero-order valence-electron chi connectivity index (χ0n) is 11.6. The second-order valence-electron chi connectivity index (χ2n) is 4.73. The molecule has 0 aliphatic heterocycles. The van der Waals surface area contributed by atoms with Crippen molar-refractivity contribution in [2.45, 2.75) is 20.0 Å². The first-order chi connectivity index (χ1) is 9.70. The third-order valence-corrected chi connectivity index (χ3v) is 2.28. The smallest absolute Gasteiger partial charge is 0.422 e. The number of ether oxygens (including phenoxy) is 2. The lowest BCUT2D eigenvalue weighted by molar-refractivity contribution is -0.161. The van der Waals surface area contributed by atoms with Crippen LogP contribution in [-0.2, 0) is 9.47 Å². The average Bonchev–Trinajstić information content (AvgIpc) is 2.41. The predicted molar refractivity (Wildman–Crippen MR) is 67.9 cm³/mol. The number of hydrogen-bond donors (Lipinski definition) is 0. The van der Waals surface area contributed by atoms with E-state index in [2.05, 4.69) is 4.74 Å². The Morgan fingerprint density at radius 2 is 1.52 bits per heavy atom. The number of benzene rings is 1. The van der Waals surface area contributed by atoms with Crippen LogP contribution in [0.1, 0.15) is 34.6 Å². The van der Waals surface area contributed by atoms with Crippen molar-refractivity contribution in [3.63, 3.8) is 0 Å². The van der Waals surface area contributed by atoms with Crippen molar-refractivity contribution in [2.24, 2.45) is 5.92 Å². The minimum atomic E-state index is -4.62. The van der Waals surface area contributed by atoms with E-state index in [0.717, 1.165) is 0 Å². The Bertz CT molecular complexity index is 509. The number of hydrogen-bond acceptors (Lipinski definition) is 4. The van der Waals surface area contributed by atoms with Crippen molar-refractivity contribution in [3.05, 3.63) is 35.4 Å². The minimum absolute atomic E-state index is 0.0956. The Morgan fingerprint density at radius 1 is 1.05 bits per heavy atom. The van der Waals surface area contributed by atoms with Crippen LogP contribution >= 0.6 is 0 Å². The molecule has 0 spiro atoms. The molecule has 1 aromatic rings. The SMILES string of the molecule is CC(C)COC(=O)c1ccccc1C(=O)OCC(F)(F)F. The first-order valence-electron chi connectivity index (χ1n) is 6.20. The van der Waals surface area contributed by atoms with E-state index in [9.17, 15) is 22.8 Å². The summed E-state index contributed by atoms with van der Waals surface area (Å²) >= 11 is 0. The summed E-state index contributed by atoms with van der Waals surface area (Å²) < 4.78 is 45.2. The van der Waals surface area contributed by atoms with Gasteiger partial charge in [0.05, 0.1) is 17.7 Å². The molecule has 0 aromatic heterocycles. The molecule has 0 fully saturated rings. The van der Waals surface area contributed by atoms with Crippen LogP contribution in [0.25, 0.3) is 0 Å². The number of alkyl halides is 3. The van der Waals surface area contributed by atoms with Gasteiger partial charge in [0.1, 0.15) is 0 Å². The molecule has 1 rings (SSSR count). The molecule has 21 heavy (non-hydrogen) atoms. The molecule has 0 N–H and O–H groups in total.